The van der Waals surface area contributed by atoms with Gasteiger partial charge in [0.2, 0.25) is 0 Å². The van der Waals surface area contributed by atoms with Crippen LogP contribution in [0.4, 0.5) is 0 Å². The molecule has 1 aliphatic heterocycles. The summed E-state index contributed by atoms with van der Waals surface area (Å²) in [6, 6.07) is 3.87. The molecule has 0 N–H and O–H groups in total. The number of nitrogens with zero attached hydrogens (tertiary/aromatic N) is 2. The third-order valence-corrected chi connectivity index (χ3v) is 2.91. The largest absolute Gasteiger partial charge is 0.373 e. The fourth-order valence-corrected chi connectivity index (χ4v) is 2.28. The van der Waals surface area contributed by atoms with Gasteiger partial charge in [-0.25, -0.2) is 4.98 Å². The SMILES string of the molecule is CC1CN(Cc2ccc(Cl)nc2)CC(C)O1. The molecule has 1 aliphatic rings. The van der Waals surface area contributed by atoms with Gasteiger partial charge in [0.1, 0.15) is 5.15 Å². The van der Waals surface area contributed by atoms with Gasteiger partial charge in [0, 0.05) is 25.8 Å². The summed E-state index contributed by atoms with van der Waals surface area (Å²) in [4.78, 5) is 6.48. The molecule has 88 valence electrons. The molecule has 2 atom stereocenters. The maximum atomic E-state index is 5.76. The van der Waals surface area contributed by atoms with E-state index in [9.17, 15) is 0 Å². The molecule has 3 nitrogen and oxygen atoms in total. The lowest BCUT2D eigenvalue weighted by Gasteiger charge is -2.35. The van der Waals surface area contributed by atoms with Crippen molar-refractivity contribution in [3.05, 3.63) is 29.0 Å². The van der Waals surface area contributed by atoms with Crippen LogP contribution in [-0.4, -0.2) is 35.2 Å². The van der Waals surface area contributed by atoms with Gasteiger partial charge in [-0.1, -0.05) is 17.7 Å². The van der Waals surface area contributed by atoms with Crippen LogP contribution < -0.4 is 0 Å². The first-order valence-corrected chi connectivity index (χ1v) is 5.99. The van der Waals surface area contributed by atoms with Crippen molar-refractivity contribution in [3.8, 4) is 0 Å². The summed E-state index contributed by atoms with van der Waals surface area (Å²) >= 11 is 5.76. The Hall–Kier alpha value is -0.640. The van der Waals surface area contributed by atoms with Gasteiger partial charge in [0.15, 0.2) is 0 Å². The highest BCUT2D eigenvalue weighted by atomic mass is 35.5. The Bertz CT molecular complexity index is 331. The Balaban J connectivity index is 1.96. The minimum absolute atomic E-state index is 0.309. The van der Waals surface area contributed by atoms with Gasteiger partial charge in [0.25, 0.3) is 0 Å². The molecular formula is C12H17ClN2O. The molecule has 1 aromatic rings. The molecule has 0 aromatic carbocycles. The fraction of sp³-hybridized carbons (Fsp3) is 0.583. The van der Waals surface area contributed by atoms with Crippen LogP contribution in [0.15, 0.2) is 18.3 Å². The highest BCUT2D eigenvalue weighted by Gasteiger charge is 2.21. The average molecular weight is 241 g/mol. The summed E-state index contributed by atoms with van der Waals surface area (Å²) in [7, 11) is 0. The van der Waals surface area contributed by atoms with Gasteiger partial charge in [0.05, 0.1) is 12.2 Å². The lowest BCUT2D eigenvalue weighted by Crippen LogP contribution is -2.44. The van der Waals surface area contributed by atoms with E-state index in [1.807, 2.05) is 18.3 Å². The van der Waals surface area contributed by atoms with E-state index in [1.165, 1.54) is 5.56 Å². The molecule has 1 fully saturated rings. The van der Waals surface area contributed by atoms with Crippen molar-refractivity contribution in [1.82, 2.24) is 9.88 Å². The van der Waals surface area contributed by atoms with E-state index < -0.39 is 0 Å². The number of rotatable bonds is 2. The molecule has 0 saturated carbocycles. The topological polar surface area (TPSA) is 25.4 Å². The quantitative estimate of drug-likeness (QED) is 0.742. The molecule has 0 bridgehead atoms. The van der Waals surface area contributed by atoms with Gasteiger partial charge in [-0.15, -0.1) is 0 Å². The monoisotopic (exact) mass is 240 g/mol. The molecule has 0 spiro atoms. The Kier molecular flexibility index (Phi) is 3.79. The average Bonchev–Trinajstić information content (AvgIpc) is 2.20. The van der Waals surface area contributed by atoms with Crippen LogP contribution in [0.5, 0.6) is 0 Å². The van der Waals surface area contributed by atoms with Crippen LogP contribution in [0, 0.1) is 0 Å². The summed E-state index contributed by atoms with van der Waals surface area (Å²) in [6.45, 7) is 7.10. The Morgan fingerprint density at radius 3 is 2.62 bits per heavy atom. The predicted molar refractivity (Wildman–Crippen MR) is 64.5 cm³/mol. The summed E-state index contributed by atoms with van der Waals surface area (Å²) < 4.78 is 5.69. The Morgan fingerprint density at radius 1 is 1.38 bits per heavy atom. The van der Waals surface area contributed by atoms with Gasteiger partial charge >= 0.3 is 0 Å². The maximum absolute atomic E-state index is 5.76. The second-order valence-corrected chi connectivity index (χ2v) is 4.83. The number of halogens is 1. The molecule has 0 aliphatic carbocycles. The first kappa shape index (κ1) is 11.8. The lowest BCUT2D eigenvalue weighted by molar-refractivity contribution is -0.0705. The normalized spacial score (nSPS) is 26.9. The summed E-state index contributed by atoms with van der Waals surface area (Å²) in [5.74, 6) is 0. The molecular weight excluding hydrogens is 224 g/mol. The standard InChI is InChI=1S/C12H17ClN2O/c1-9-6-15(7-10(2)16-9)8-11-3-4-12(13)14-5-11/h3-5,9-10H,6-8H2,1-2H3. The van der Waals surface area contributed by atoms with E-state index in [1.54, 1.807) is 0 Å². The van der Waals surface area contributed by atoms with Crippen molar-refractivity contribution in [2.75, 3.05) is 13.1 Å². The number of hydrogen-bond donors (Lipinski definition) is 0. The lowest BCUT2D eigenvalue weighted by atomic mass is 10.2. The number of hydrogen-bond acceptors (Lipinski definition) is 3. The van der Waals surface area contributed by atoms with E-state index in [4.69, 9.17) is 16.3 Å². The Labute approximate surface area is 101 Å². The minimum Gasteiger partial charge on any atom is -0.373 e. The van der Waals surface area contributed by atoms with Gasteiger partial charge in [-0.2, -0.15) is 0 Å². The van der Waals surface area contributed by atoms with Gasteiger partial charge in [-0.05, 0) is 25.5 Å². The molecule has 0 amide bonds. The van der Waals surface area contributed by atoms with E-state index in [2.05, 4.69) is 23.7 Å². The van der Waals surface area contributed by atoms with Crippen molar-refractivity contribution < 1.29 is 4.74 Å². The second-order valence-electron chi connectivity index (χ2n) is 4.44. The second kappa shape index (κ2) is 5.13. The summed E-state index contributed by atoms with van der Waals surface area (Å²) in [5, 5.41) is 0.549. The molecule has 2 unspecified atom stereocenters. The zero-order chi connectivity index (χ0) is 11.5. The number of ether oxygens (including phenoxy) is 1. The molecule has 16 heavy (non-hydrogen) atoms. The highest BCUT2D eigenvalue weighted by Crippen LogP contribution is 2.14. The van der Waals surface area contributed by atoms with Crippen molar-refractivity contribution in [3.63, 3.8) is 0 Å². The molecule has 1 saturated heterocycles. The molecule has 1 aromatic heterocycles. The first-order chi connectivity index (χ1) is 7.63. The summed E-state index contributed by atoms with van der Waals surface area (Å²) in [5.41, 5.74) is 1.20. The highest BCUT2D eigenvalue weighted by molar-refractivity contribution is 6.29. The van der Waals surface area contributed by atoms with E-state index in [0.717, 1.165) is 19.6 Å². The molecule has 0 radical (unpaired) electrons. The van der Waals surface area contributed by atoms with Crippen LogP contribution in [0.2, 0.25) is 5.15 Å². The van der Waals surface area contributed by atoms with E-state index in [-0.39, 0.29) is 0 Å². The van der Waals surface area contributed by atoms with Crippen LogP contribution in [0.25, 0.3) is 0 Å². The van der Waals surface area contributed by atoms with Crippen molar-refractivity contribution >= 4 is 11.6 Å². The summed E-state index contributed by atoms with van der Waals surface area (Å²) in [6.07, 6.45) is 2.46. The molecule has 2 rings (SSSR count). The Morgan fingerprint density at radius 2 is 2.06 bits per heavy atom. The van der Waals surface area contributed by atoms with Crippen LogP contribution >= 0.6 is 11.6 Å². The molecule has 2 heterocycles. The smallest absolute Gasteiger partial charge is 0.129 e. The van der Waals surface area contributed by atoms with Crippen molar-refractivity contribution in [2.45, 2.75) is 32.6 Å². The first-order valence-electron chi connectivity index (χ1n) is 5.61. The van der Waals surface area contributed by atoms with E-state index in [0.29, 0.717) is 17.4 Å². The number of aromatic nitrogens is 1. The van der Waals surface area contributed by atoms with Crippen LogP contribution in [0.1, 0.15) is 19.4 Å². The molecule has 4 heteroatoms. The zero-order valence-electron chi connectivity index (χ0n) is 9.69. The zero-order valence-corrected chi connectivity index (χ0v) is 10.4. The third-order valence-electron chi connectivity index (χ3n) is 2.69. The van der Waals surface area contributed by atoms with E-state index >= 15 is 0 Å². The predicted octanol–water partition coefficient (Wildman–Crippen LogP) is 2.34. The van der Waals surface area contributed by atoms with Gasteiger partial charge < -0.3 is 4.74 Å². The van der Waals surface area contributed by atoms with Crippen molar-refractivity contribution in [2.24, 2.45) is 0 Å². The fourth-order valence-electron chi connectivity index (χ4n) is 2.17. The number of morpholine rings is 1. The maximum Gasteiger partial charge on any atom is 0.129 e. The minimum atomic E-state index is 0.309. The van der Waals surface area contributed by atoms with Gasteiger partial charge in [-0.3, -0.25) is 4.90 Å². The van der Waals surface area contributed by atoms with Crippen LogP contribution in [-0.2, 0) is 11.3 Å². The third kappa shape index (κ3) is 3.17. The van der Waals surface area contributed by atoms with Crippen LogP contribution in [0.3, 0.4) is 0 Å². The number of pyridine rings is 1. The van der Waals surface area contributed by atoms with Crippen molar-refractivity contribution in [1.29, 1.82) is 0 Å².